The minimum absolute atomic E-state index is 0.209. The second kappa shape index (κ2) is 9.72. The Morgan fingerprint density at radius 2 is 1.97 bits per heavy atom. The molecule has 162 valence electrons. The maximum Gasteiger partial charge on any atom is 0.255 e. The number of nitrogens with one attached hydrogen (secondary N) is 1. The number of morpholine rings is 1. The molecule has 0 spiro atoms. The van der Waals surface area contributed by atoms with Crippen molar-refractivity contribution in [3.8, 4) is 22.7 Å². The van der Waals surface area contributed by atoms with Crippen molar-refractivity contribution in [3.05, 3.63) is 66.1 Å². The summed E-state index contributed by atoms with van der Waals surface area (Å²) < 4.78 is 25.6. The highest BCUT2D eigenvalue weighted by molar-refractivity contribution is 6.00. The molecule has 1 aliphatic heterocycles. The fourth-order valence-electron chi connectivity index (χ4n) is 3.50. The van der Waals surface area contributed by atoms with Gasteiger partial charge in [-0.3, -0.25) is 9.69 Å². The Hall–Kier alpha value is -3.23. The van der Waals surface area contributed by atoms with Crippen LogP contribution in [0.3, 0.4) is 0 Å². The van der Waals surface area contributed by atoms with Crippen LogP contribution in [-0.4, -0.2) is 67.1 Å². The summed E-state index contributed by atoms with van der Waals surface area (Å²) in [5.41, 5.74) is 2.41. The number of carbonyl (C=O) groups is 1. The Morgan fingerprint density at radius 3 is 2.71 bits per heavy atom. The van der Waals surface area contributed by atoms with Crippen LogP contribution in [-0.2, 0) is 4.74 Å². The standard InChI is InChI=1S/C23H25FN4O3/c1-30-20-4-2-3-17(15-20)22-21(16-28(26-22)19-7-5-18(24)6-8-19)23(29)25-9-10-27-11-13-31-14-12-27/h2-8,15-16H,9-14H2,1H3,(H,25,29). The van der Waals surface area contributed by atoms with Gasteiger partial charge >= 0.3 is 0 Å². The molecule has 0 aliphatic carbocycles. The number of amides is 1. The van der Waals surface area contributed by atoms with Gasteiger partial charge < -0.3 is 14.8 Å². The smallest absolute Gasteiger partial charge is 0.255 e. The zero-order chi connectivity index (χ0) is 21.6. The summed E-state index contributed by atoms with van der Waals surface area (Å²) in [6.07, 6.45) is 1.67. The average molecular weight is 424 g/mol. The number of aromatic nitrogens is 2. The lowest BCUT2D eigenvalue weighted by molar-refractivity contribution is 0.0383. The molecule has 3 aromatic rings. The topological polar surface area (TPSA) is 68.6 Å². The van der Waals surface area contributed by atoms with Crippen molar-refractivity contribution < 1.29 is 18.7 Å². The van der Waals surface area contributed by atoms with E-state index in [2.05, 4.69) is 15.3 Å². The normalized spacial score (nSPS) is 14.4. The molecule has 4 rings (SSSR count). The van der Waals surface area contributed by atoms with Crippen molar-refractivity contribution in [2.24, 2.45) is 0 Å². The van der Waals surface area contributed by atoms with E-state index in [1.165, 1.54) is 12.1 Å². The van der Waals surface area contributed by atoms with E-state index in [0.717, 1.165) is 38.4 Å². The van der Waals surface area contributed by atoms with Crippen LogP contribution >= 0.6 is 0 Å². The lowest BCUT2D eigenvalue weighted by Gasteiger charge is -2.26. The maximum absolute atomic E-state index is 13.3. The van der Waals surface area contributed by atoms with Crippen LogP contribution in [0.15, 0.2) is 54.7 Å². The zero-order valence-corrected chi connectivity index (χ0v) is 17.4. The van der Waals surface area contributed by atoms with Crippen LogP contribution in [0.1, 0.15) is 10.4 Å². The van der Waals surface area contributed by atoms with Crippen molar-refractivity contribution in [3.63, 3.8) is 0 Å². The Kier molecular flexibility index (Phi) is 6.59. The molecular weight excluding hydrogens is 399 g/mol. The van der Waals surface area contributed by atoms with Gasteiger partial charge in [0.2, 0.25) is 0 Å². The first kappa shape index (κ1) is 21.0. The number of ether oxygens (including phenoxy) is 2. The molecule has 0 unspecified atom stereocenters. The van der Waals surface area contributed by atoms with Gasteiger partial charge in [0.25, 0.3) is 5.91 Å². The second-order valence-corrected chi connectivity index (χ2v) is 7.25. The summed E-state index contributed by atoms with van der Waals surface area (Å²) in [5, 5.41) is 7.62. The van der Waals surface area contributed by atoms with Crippen molar-refractivity contribution >= 4 is 5.91 Å². The van der Waals surface area contributed by atoms with E-state index >= 15 is 0 Å². The molecule has 0 radical (unpaired) electrons. The number of nitrogens with zero attached hydrogens (tertiary/aromatic N) is 3. The molecular formula is C23H25FN4O3. The second-order valence-electron chi connectivity index (χ2n) is 7.25. The molecule has 1 amide bonds. The predicted molar refractivity (Wildman–Crippen MR) is 115 cm³/mol. The van der Waals surface area contributed by atoms with Crippen molar-refractivity contribution in [2.45, 2.75) is 0 Å². The number of benzene rings is 2. The average Bonchev–Trinajstić information content (AvgIpc) is 3.26. The van der Waals surface area contributed by atoms with Crippen LogP contribution in [0.5, 0.6) is 5.75 Å². The highest BCUT2D eigenvalue weighted by Gasteiger charge is 2.19. The van der Waals surface area contributed by atoms with Crippen LogP contribution in [0.2, 0.25) is 0 Å². The van der Waals surface area contributed by atoms with Gasteiger partial charge in [0.15, 0.2) is 0 Å². The minimum atomic E-state index is -0.329. The lowest BCUT2D eigenvalue weighted by atomic mass is 10.1. The zero-order valence-electron chi connectivity index (χ0n) is 17.4. The number of halogens is 1. The molecule has 2 aromatic carbocycles. The van der Waals surface area contributed by atoms with Crippen molar-refractivity contribution in [2.75, 3.05) is 46.5 Å². The monoisotopic (exact) mass is 424 g/mol. The highest BCUT2D eigenvalue weighted by Crippen LogP contribution is 2.27. The highest BCUT2D eigenvalue weighted by atomic mass is 19.1. The van der Waals surface area contributed by atoms with Gasteiger partial charge in [-0.25, -0.2) is 9.07 Å². The molecule has 7 nitrogen and oxygen atoms in total. The number of hydrogen-bond donors (Lipinski definition) is 1. The summed E-state index contributed by atoms with van der Waals surface area (Å²) in [4.78, 5) is 15.3. The Morgan fingerprint density at radius 1 is 1.19 bits per heavy atom. The summed E-state index contributed by atoms with van der Waals surface area (Å²) in [7, 11) is 1.59. The SMILES string of the molecule is COc1cccc(-c2nn(-c3ccc(F)cc3)cc2C(=O)NCCN2CCOCC2)c1. The van der Waals surface area contributed by atoms with Gasteiger partial charge in [0.1, 0.15) is 17.3 Å². The molecule has 0 saturated carbocycles. The van der Waals surface area contributed by atoms with Crippen LogP contribution < -0.4 is 10.1 Å². The Balaban J connectivity index is 1.59. The molecule has 1 N–H and O–H groups in total. The third kappa shape index (κ3) is 5.10. The lowest BCUT2D eigenvalue weighted by Crippen LogP contribution is -2.41. The molecule has 1 saturated heterocycles. The molecule has 31 heavy (non-hydrogen) atoms. The van der Waals surface area contributed by atoms with E-state index in [1.54, 1.807) is 30.1 Å². The fraction of sp³-hybridized carbons (Fsp3) is 0.304. The fourth-order valence-corrected chi connectivity index (χ4v) is 3.50. The molecule has 1 aromatic heterocycles. The van der Waals surface area contributed by atoms with E-state index in [4.69, 9.17) is 9.47 Å². The first-order chi connectivity index (χ1) is 15.1. The largest absolute Gasteiger partial charge is 0.497 e. The predicted octanol–water partition coefficient (Wildman–Crippen LogP) is 2.75. The van der Waals surface area contributed by atoms with Crippen molar-refractivity contribution in [1.29, 1.82) is 0 Å². The third-order valence-electron chi connectivity index (χ3n) is 5.21. The van der Waals surface area contributed by atoms with E-state index < -0.39 is 0 Å². The summed E-state index contributed by atoms with van der Waals surface area (Å²) in [6, 6.07) is 13.4. The van der Waals surface area contributed by atoms with Crippen LogP contribution in [0.4, 0.5) is 4.39 Å². The summed E-state index contributed by atoms with van der Waals surface area (Å²) in [6.45, 7) is 4.46. The van der Waals surface area contributed by atoms with E-state index in [-0.39, 0.29) is 11.7 Å². The minimum Gasteiger partial charge on any atom is -0.497 e. The number of carbonyl (C=O) groups excluding carboxylic acids is 1. The number of hydrogen-bond acceptors (Lipinski definition) is 5. The van der Waals surface area contributed by atoms with E-state index in [9.17, 15) is 9.18 Å². The third-order valence-corrected chi connectivity index (χ3v) is 5.21. The van der Waals surface area contributed by atoms with Gasteiger partial charge in [-0.2, -0.15) is 5.10 Å². The van der Waals surface area contributed by atoms with E-state index in [0.29, 0.717) is 29.2 Å². The molecule has 1 aliphatic rings. The van der Waals surface area contributed by atoms with Gasteiger partial charge in [0, 0.05) is 37.9 Å². The van der Waals surface area contributed by atoms with Crippen LogP contribution in [0.25, 0.3) is 16.9 Å². The van der Waals surface area contributed by atoms with Crippen molar-refractivity contribution in [1.82, 2.24) is 20.0 Å². The van der Waals surface area contributed by atoms with Crippen LogP contribution in [0, 0.1) is 5.82 Å². The number of methoxy groups -OCH3 is 1. The van der Waals surface area contributed by atoms with Gasteiger partial charge in [-0.15, -0.1) is 0 Å². The number of rotatable bonds is 7. The maximum atomic E-state index is 13.3. The first-order valence-electron chi connectivity index (χ1n) is 10.2. The Bertz CT molecular complexity index is 1030. The van der Waals surface area contributed by atoms with Gasteiger partial charge in [-0.1, -0.05) is 12.1 Å². The van der Waals surface area contributed by atoms with Gasteiger partial charge in [0.05, 0.1) is 31.6 Å². The summed E-state index contributed by atoms with van der Waals surface area (Å²) in [5.74, 6) is 0.136. The first-order valence-corrected chi connectivity index (χ1v) is 10.2. The Labute approximate surface area is 180 Å². The molecule has 8 heteroatoms. The summed E-state index contributed by atoms with van der Waals surface area (Å²) >= 11 is 0. The van der Waals surface area contributed by atoms with E-state index in [1.807, 2.05) is 24.3 Å². The van der Waals surface area contributed by atoms with Gasteiger partial charge in [-0.05, 0) is 36.4 Å². The quantitative estimate of drug-likeness (QED) is 0.632. The molecule has 1 fully saturated rings. The molecule has 0 atom stereocenters. The molecule has 0 bridgehead atoms. The molecule has 2 heterocycles.